The van der Waals surface area contributed by atoms with Crippen LogP contribution in [0.25, 0.3) is 0 Å². The van der Waals surface area contributed by atoms with Gasteiger partial charge in [0.15, 0.2) is 33.9 Å². The van der Waals surface area contributed by atoms with Crippen molar-refractivity contribution in [3.05, 3.63) is 29.3 Å². The molecule has 2 heterocycles. The molecule has 0 fully saturated rings. The highest BCUT2D eigenvalue weighted by Gasteiger charge is 2.49. The maximum Gasteiger partial charge on any atom is 0.252 e. The zero-order chi connectivity index (χ0) is 20.9. The van der Waals surface area contributed by atoms with Crippen molar-refractivity contribution in [1.82, 2.24) is 0 Å². The molecule has 3 rings (SSSR count). The van der Waals surface area contributed by atoms with Gasteiger partial charge in [0.2, 0.25) is 0 Å². The summed E-state index contributed by atoms with van der Waals surface area (Å²) in [6, 6.07) is 1.14. The zero-order valence-corrected chi connectivity index (χ0v) is 16.3. The third-order valence-corrected chi connectivity index (χ3v) is 7.69. The van der Waals surface area contributed by atoms with Crippen LogP contribution < -0.4 is 11.1 Å². The van der Waals surface area contributed by atoms with Crippen molar-refractivity contribution in [3.8, 4) is 0 Å². The Balaban J connectivity index is 2.04. The molecule has 8 nitrogen and oxygen atoms in total. The van der Waals surface area contributed by atoms with Gasteiger partial charge in [0, 0.05) is 17.3 Å². The average molecular weight is 414 g/mol. The molecule has 3 N–H and O–H groups in total. The number of anilines is 1. The Morgan fingerprint density at radius 3 is 2.57 bits per heavy atom. The first-order valence-corrected chi connectivity index (χ1v) is 10.0. The monoisotopic (exact) mass is 414 g/mol. The van der Waals surface area contributed by atoms with Crippen LogP contribution in [0.2, 0.25) is 0 Å². The Morgan fingerprint density at radius 2 is 2.00 bits per heavy atom. The molecule has 1 aromatic carbocycles. The second-order valence-electron chi connectivity index (χ2n) is 7.45. The first kappa shape index (κ1) is 20.2. The number of amidine groups is 1. The molecule has 0 saturated heterocycles. The van der Waals surface area contributed by atoms with Crippen LogP contribution in [-0.4, -0.2) is 49.7 Å². The van der Waals surface area contributed by atoms with E-state index in [-0.39, 0.29) is 23.7 Å². The fourth-order valence-electron chi connectivity index (χ4n) is 3.00. The number of hydrogen-bond acceptors (Lipinski definition) is 7. The number of amides is 1. The normalized spacial score (nSPS) is 27.8. The molecule has 11 heteroatoms. The van der Waals surface area contributed by atoms with Gasteiger partial charge in [-0.1, -0.05) is 0 Å². The molecule has 0 saturated carbocycles. The highest BCUT2D eigenvalue weighted by Crippen LogP contribution is 2.39. The number of carbonyl (C=O) groups excluding carboxylic acids is 1. The Labute approximate surface area is 160 Å². The molecule has 0 bridgehead atoms. The molecule has 28 heavy (non-hydrogen) atoms. The third kappa shape index (κ3) is 3.23. The molecule has 0 aliphatic carbocycles. The second kappa shape index (κ2) is 6.50. The Hall–Kier alpha value is -2.56. The van der Waals surface area contributed by atoms with Crippen LogP contribution in [0.15, 0.2) is 22.1 Å². The lowest BCUT2D eigenvalue weighted by atomic mass is 9.92. The van der Waals surface area contributed by atoms with Crippen LogP contribution in [-0.2, 0) is 24.9 Å². The van der Waals surface area contributed by atoms with Crippen molar-refractivity contribution in [1.29, 1.82) is 0 Å². The van der Waals surface area contributed by atoms with Crippen molar-refractivity contribution < 1.29 is 26.7 Å². The molecule has 1 aromatic rings. The average Bonchev–Trinajstić information content (AvgIpc) is 3.10. The van der Waals surface area contributed by atoms with Gasteiger partial charge in [0.25, 0.3) is 5.91 Å². The first-order valence-electron chi connectivity index (χ1n) is 8.39. The number of nitrogens with two attached hydrogens (primary N) is 1. The van der Waals surface area contributed by atoms with E-state index in [9.17, 15) is 22.0 Å². The lowest BCUT2D eigenvalue weighted by molar-refractivity contribution is -0.117. The molecule has 1 unspecified atom stereocenters. The summed E-state index contributed by atoms with van der Waals surface area (Å²) in [5.74, 6) is -3.85. The minimum atomic E-state index is -3.81. The lowest BCUT2D eigenvalue weighted by Gasteiger charge is -2.38. The molecule has 2 aliphatic heterocycles. The van der Waals surface area contributed by atoms with E-state index in [4.69, 9.17) is 10.5 Å². The van der Waals surface area contributed by atoms with E-state index in [1.807, 2.05) is 0 Å². The van der Waals surface area contributed by atoms with Crippen molar-refractivity contribution in [3.63, 3.8) is 0 Å². The maximum absolute atomic E-state index is 14.6. The number of nitrogens with zero attached hydrogens (tertiary/aromatic N) is 2. The van der Waals surface area contributed by atoms with Gasteiger partial charge in [-0.3, -0.25) is 9.79 Å². The van der Waals surface area contributed by atoms with E-state index in [1.165, 1.54) is 20.8 Å². The van der Waals surface area contributed by atoms with E-state index in [2.05, 4.69) is 15.3 Å². The Bertz CT molecular complexity index is 1010. The molecular weight excluding hydrogens is 394 g/mol. The highest BCUT2D eigenvalue weighted by molar-refractivity contribution is 7.93. The molecule has 0 spiro atoms. The van der Waals surface area contributed by atoms with Gasteiger partial charge in [-0.05, 0) is 26.8 Å². The molecule has 2 aliphatic rings. The van der Waals surface area contributed by atoms with Crippen LogP contribution in [0.5, 0.6) is 0 Å². The second-order valence-corrected chi connectivity index (χ2v) is 9.99. The van der Waals surface area contributed by atoms with E-state index in [1.54, 1.807) is 0 Å². The smallest absolute Gasteiger partial charge is 0.252 e. The summed E-state index contributed by atoms with van der Waals surface area (Å²) in [5, 5.41) is 2.43. The minimum Gasteiger partial charge on any atom is -0.481 e. The predicted octanol–water partition coefficient (Wildman–Crippen LogP) is 1.11. The van der Waals surface area contributed by atoms with Crippen LogP contribution >= 0.6 is 0 Å². The molecule has 152 valence electrons. The third-order valence-electron chi connectivity index (χ3n) is 4.98. The van der Waals surface area contributed by atoms with Gasteiger partial charge in [-0.15, -0.1) is 0 Å². The van der Waals surface area contributed by atoms with Gasteiger partial charge in [0.05, 0.1) is 5.75 Å². The number of sulfone groups is 1. The van der Waals surface area contributed by atoms with Crippen LogP contribution in [0.1, 0.15) is 26.3 Å². The van der Waals surface area contributed by atoms with Gasteiger partial charge >= 0.3 is 0 Å². The quantitative estimate of drug-likeness (QED) is 0.767. The molecular formula is C17H20F2N4O4S. The van der Waals surface area contributed by atoms with E-state index < -0.39 is 49.5 Å². The van der Waals surface area contributed by atoms with Gasteiger partial charge in [-0.25, -0.2) is 22.2 Å². The topological polar surface area (TPSA) is 123 Å². The fourth-order valence-corrected chi connectivity index (χ4v) is 4.68. The molecule has 0 aromatic heterocycles. The summed E-state index contributed by atoms with van der Waals surface area (Å²) in [6.07, 6.45) is 1.13. The highest BCUT2D eigenvalue weighted by atomic mass is 32.2. The van der Waals surface area contributed by atoms with E-state index >= 15 is 0 Å². The minimum absolute atomic E-state index is 0.0359. The number of hydrogen-bond donors (Lipinski definition) is 2. The van der Waals surface area contributed by atoms with Crippen LogP contribution in [0, 0.1) is 11.6 Å². The zero-order valence-electron chi connectivity index (χ0n) is 15.5. The summed E-state index contributed by atoms with van der Waals surface area (Å²) >= 11 is 0. The number of carbonyl (C=O) groups is 1. The van der Waals surface area contributed by atoms with Crippen molar-refractivity contribution in [2.45, 2.75) is 37.1 Å². The van der Waals surface area contributed by atoms with Crippen molar-refractivity contribution >= 4 is 33.7 Å². The maximum atomic E-state index is 14.6. The van der Waals surface area contributed by atoms with E-state index in [0.717, 1.165) is 18.5 Å². The number of rotatable bonds is 3. The number of aliphatic imine (C=N–C) groups is 2. The molecule has 0 radical (unpaired) electrons. The van der Waals surface area contributed by atoms with Crippen molar-refractivity contribution in [2.24, 2.45) is 15.7 Å². The summed E-state index contributed by atoms with van der Waals surface area (Å²) in [7, 11) is -3.81. The summed E-state index contributed by atoms with van der Waals surface area (Å²) in [4.78, 5) is 20.1. The standard InChI is InChI=1S/C17H20F2N4O4S/c1-16(2)15(20)23-17(3,7-28(16,25)26)10-4-9(5-11(18)13(10)19)22-14(24)12-6-27-8-21-12/h4-5,8,12H,6-7H2,1-3H3,(H2,20,23)(H,22,24)/t12?,17-/m0/s1. The predicted molar refractivity (Wildman–Crippen MR) is 100 cm³/mol. The van der Waals surface area contributed by atoms with E-state index in [0.29, 0.717) is 0 Å². The SMILES string of the molecule is CC1(C)C(N)=N[C@](C)(c2cc(NC(=O)C3COC=N3)cc(F)c2F)CS1(=O)=O. The fraction of sp³-hybridized carbons (Fsp3) is 0.471. The van der Waals surface area contributed by atoms with Crippen molar-refractivity contribution in [2.75, 3.05) is 17.7 Å². The summed E-state index contributed by atoms with van der Waals surface area (Å²) < 4.78 is 57.6. The lowest BCUT2D eigenvalue weighted by Crippen LogP contribution is -2.55. The summed E-state index contributed by atoms with van der Waals surface area (Å²) in [5.41, 5.74) is 3.81. The number of benzene rings is 1. The Kier molecular flexibility index (Phi) is 4.69. The number of halogens is 2. The Morgan fingerprint density at radius 1 is 1.32 bits per heavy atom. The van der Waals surface area contributed by atoms with Gasteiger partial charge in [0.1, 0.15) is 22.7 Å². The van der Waals surface area contributed by atoms with Gasteiger partial charge < -0.3 is 15.8 Å². The largest absolute Gasteiger partial charge is 0.481 e. The van der Waals surface area contributed by atoms with Crippen LogP contribution in [0.4, 0.5) is 14.5 Å². The number of nitrogens with one attached hydrogen (secondary N) is 1. The van der Waals surface area contributed by atoms with Crippen LogP contribution in [0.3, 0.4) is 0 Å². The van der Waals surface area contributed by atoms with Gasteiger partial charge in [-0.2, -0.15) is 0 Å². The summed E-state index contributed by atoms with van der Waals surface area (Å²) in [6.45, 7) is 4.19. The first-order chi connectivity index (χ1) is 12.9. The molecule has 1 amide bonds. The molecule has 2 atom stereocenters. The number of ether oxygens (including phenoxy) is 1.